The van der Waals surface area contributed by atoms with Gasteiger partial charge in [0.15, 0.2) is 5.89 Å². The molecule has 7 nitrogen and oxygen atoms in total. The second kappa shape index (κ2) is 5.89. The zero-order valence-electron chi connectivity index (χ0n) is 12.7. The molecule has 0 fully saturated rings. The van der Waals surface area contributed by atoms with E-state index in [1.165, 1.54) is 18.2 Å². The zero-order valence-corrected chi connectivity index (χ0v) is 13.6. The van der Waals surface area contributed by atoms with Gasteiger partial charge in [0.05, 0.1) is 10.4 Å². The van der Waals surface area contributed by atoms with Crippen LogP contribution in [-0.4, -0.2) is 22.0 Å². The number of carboxylic acid groups (broad SMARTS) is 1. The van der Waals surface area contributed by atoms with E-state index in [4.69, 9.17) is 9.52 Å². The lowest BCUT2D eigenvalue weighted by molar-refractivity contribution is 0.0696. The van der Waals surface area contributed by atoms with Crippen LogP contribution < -0.4 is 10.9 Å². The Bertz CT molecular complexity index is 1030. The van der Waals surface area contributed by atoms with Gasteiger partial charge in [-0.15, -0.1) is 11.3 Å². The Kier molecular flexibility index (Phi) is 3.90. The first kappa shape index (κ1) is 15.9. The third-order valence-corrected chi connectivity index (χ3v) is 4.59. The minimum absolute atomic E-state index is 0.0683. The molecule has 0 aliphatic heterocycles. The second-order valence-electron chi connectivity index (χ2n) is 5.10. The number of hydrogen-bond acceptors (Lipinski definition) is 6. The molecule has 0 unspecified atom stereocenters. The summed E-state index contributed by atoms with van der Waals surface area (Å²) in [5, 5.41) is 11.9. The molecule has 122 valence electrons. The van der Waals surface area contributed by atoms with Crippen molar-refractivity contribution in [2.75, 3.05) is 5.32 Å². The molecule has 0 saturated heterocycles. The lowest BCUT2D eigenvalue weighted by atomic mass is 10.2. The molecule has 24 heavy (non-hydrogen) atoms. The van der Waals surface area contributed by atoms with Crippen LogP contribution in [0.15, 0.2) is 33.5 Å². The second-order valence-corrected chi connectivity index (χ2v) is 6.10. The van der Waals surface area contributed by atoms with Gasteiger partial charge in [0.1, 0.15) is 10.2 Å². The van der Waals surface area contributed by atoms with Crippen molar-refractivity contribution in [2.45, 2.75) is 13.8 Å². The average Bonchev–Trinajstić information content (AvgIpc) is 2.84. The number of benzene rings is 1. The van der Waals surface area contributed by atoms with Crippen molar-refractivity contribution < 1.29 is 19.1 Å². The number of fused-ring (bicyclic) bond motifs is 1. The fraction of sp³-hybridized carbons (Fsp3) is 0.125. The number of anilines is 1. The standard InChI is InChI=1S/C16H12N2O5S/c1-7-11-14(17-8(2)23-16(11)22)24-12(7)13(19)18-10-5-3-4-9(6-10)15(20)21/h3-6H,1-2H3,(H,18,19)(H,20,21). The largest absolute Gasteiger partial charge is 0.478 e. The van der Waals surface area contributed by atoms with Crippen LogP contribution in [-0.2, 0) is 0 Å². The average molecular weight is 344 g/mol. The summed E-state index contributed by atoms with van der Waals surface area (Å²) in [7, 11) is 0. The summed E-state index contributed by atoms with van der Waals surface area (Å²) < 4.78 is 4.97. The van der Waals surface area contributed by atoms with Gasteiger partial charge < -0.3 is 14.8 Å². The molecule has 0 aliphatic carbocycles. The summed E-state index contributed by atoms with van der Waals surface area (Å²) in [6, 6.07) is 5.92. The highest BCUT2D eigenvalue weighted by Crippen LogP contribution is 2.28. The number of aromatic carboxylic acids is 1. The first-order valence-corrected chi connectivity index (χ1v) is 7.74. The molecule has 8 heteroatoms. The molecule has 0 bridgehead atoms. The van der Waals surface area contributed by atoms with E-state index in [1.807, 2.05) is 0 Å². The molecular formula is C16H12N2O5S. The van der Waals surface area contributed by atoms with Crippen LogP contribution in [0.1, 0.15) is 31.5 Å². The molecule has 0 spiro atoms. The first-order valence-electron chi connectivity index (χ1n) is 6.92. The SMILES string of the molecule is Cc1nc2sc(C(=O)Nc3cccc(C(=O)O)c3)c(C)c2c(=O)o1. The predicted octanol–water partition coefficient (Wildman–Crippen LogP) is 2.82. The van der Waals surface area contributed by atoms with Crippen molar-refractivity contribution in [2.24, 2.45) is 0 Å². The molecule has 2 N–H and O–H groups in total. The van der Waals surface area contributed by atoms with E-state index in [-0.39, 0.29) is 16.8 Å². The molecule has 0 atom stereocenters. The Hall–Kier alpha value is -3.00. The molecule has 0 radical (unpaired) electrons. The van der Waals surface area contributed by atoms with Crippen LogP contribution in [0.25, 0.3) is 10.2 Å². The molecule has 2 aromatic heterocycles. The normalized spacial score (nSPS) is 10.8. The number of aryl methyl sites for hydroxylation is 2. The number of carbonyl (C=O) groups is 2. The smallest absolute Gasteiger partial charge is 0.348 e. The molecule has 2 heterocycles. The van der Waals surface area contributed by atoms with Crippen LogP contribution in [0.4, 0.5) is 5.69 Å². The van der Waals surface area contributed by atoms with Gasteiger partial charge in [-0.25, -0.2) is 14.6 Å². The van der Waals surface area contributed by atoms with Gasteiger partial charge in [-0.3, -0.25) is 4.79 Å². The molecular weight excluding hydrogens is 332 g/mol. The Morgan fingerprint density at radius 3 is 2.75 bits per heavy atom. The summed E-state index contributed by atoms with van der Waals surface area (Å²) >= 11 is 1.09. The quantitative estimate of drug-likeness (QED) is 0.756. The number of rotatable bonds is 3. The summed E-state index contributed by atoms with van der Waals surface area (Å²) in [4.78, 5) is 40.3. The van der Waals surface area contributed by atoms with E-state index < -0.39 is 17.5 Å². The van der Waals surface area contributed by atoms with E-state index in [9.17, 15) is 14.4 Å². The van der Waals surface area contributed by atoms with Gasteiger partial charge in [0.2, 0.25) is 0 Å². The summed E-state index contributed by atoms with van der Waals surface area (Å²) in [5.41, 5.74) is 0.382. The van der Waals surface area contributed by atoms with Gasteiger partial charge in [-0.05, 0) is 30.7 Å². The van der Waals surface area contributed by atoms with Crippen molar-refractivity contribution in [3.8, 4) is 0 Å². The minimum atomic E-state index is -1.08. The van der Waals surface area contributed by atoms with Gasteiger partial charge in [-0.2, -0.15) is 0 Å². The number of hydrogen-bond donors (Lipinski definition) is 2. The van der Waals surface area contributed by atoms with Crippen LogP contribution in [0.3, 0.4) is 0 Å². The molecule has 1 amide bonds. The predicted molar refractivity (Wildman–Crippen MR) is 89.0 cm³/mol. The van der Waals surface area contributed by atoms with Gasteiger partial charge >= 0.3 is 11.6 Å². The Labute approximate surface area is 139 Å². The van der Waals surface area contributed by atoms with Crippen LogP contribution in [0.2, 0.25) is 0 Å². The molecule has 0 saturated carbocycles. The number of nitrogens with one attached hydrogen (secondary N) is 1. The first-order chi connectivity index (χ1) is 11.4. The van der Waals surface area contributed by atoms with Crippen molar-refractivity contribution in [3.05, 3.63) is 56.6 Å². The maximum absolute atomic E-state index is 12.5. The van der Waals surface area contributed by atoms with Crippen LogP contribution in [0, 0.1) is 13.8 Å². The topological polar surface area (TPSA) is 110 Å². The highest BCUT2D eigenvalue weighted by atomic mass is 32.1. The van der Waals surface area contributed by atoms with Gasteiger partial charge in [0.25, 0.3) is 5.91 Å². The maximum Gasteiger partial charge on any atom is 0.348 e. The van der Waals surface area contributed by atoms with Crippen molar-refractivity contribution in [1.82, 2.24) is 4.98 Å². The zero-order chi connectivity index (χ0) is 17.4. The number of aromatic nitrogens is 1. The van der Waals surface area contributed by atoms with E-state index in [1.54, 1.807) is 19.9 Å². The fourth-order valence-electron chi connectivity index (χ4n) is 2.30. The summed E-state index contributed by atoms with van der Waals surface area (Å²) in [6.45, 7) is 3.21. The van der Waals surface area contributed by atoms with Crippen LogP contribution >= 0.6 is 11.3 Å². The van der Waals surface area contributed by atoms with Crippen molar-refractivity contribution in [1.29, 1.82) is 0 Å². The molecule has 3 aromatic rings. The van der Waals surface area contributed by atoms with Crippen molar-refractivity contribution >= 4 is 39.1 Å². The monoisotopic (exact) mass is 344 g/mol. The minimum Gasteiger partial charge on any atom is -0.478 e. The highest BCUT2D eigenvalue weighted by Gasteiger charge is 2.20. The number of thiophene rings is 1. The molecule has 1 aromatic carbocycles. The van der Waals surface area contributed by atoms with E-state index in [0.29, 0.717) is 21.0 Å². The molecule has 3 rings (SSSR count). The number of carboxylic acids is 1. The van der Waals surface area contributed by atoms with E-state index >= 15 is 0 Å². The highest BCUT2D eigenvalue weighted by molar-refractivity contribution is 7.20. The Morgan fingerprint density at radius 1 is 1.29 bits per heavy atom. The third-order valence-electron chi connectivity index (χ3n) is 3.41. The number of amides is 1. The number of carbonyl (C=O) groups excluding carboxylic acids is 1. The lowest BCUT2D eigenvalue weighted by Gasteiger charge is -2.05. The number of nitrogens with zero attached hydrogens (tertiary/aromatic N) is 1. The van der Waals surface area contributed by atoms with Crippen molar-refractivity contribution in [3.63, 3.8) is 0 Å². The summed E-state index contributed by atoms with van der Waals surface area (Å²) in [6.07, 6.45) is 0. The van der Waals surface area contributed by atoms with Crippen LogP contribution in [0.5, 0.6) is 0 Å². The fourth-order valence-corrected chi connectivity index (χ4v) is 3.41. The van der Waals surface area contributed by atoms with Gasteiger partial charge in [-0.1, -0.05) is 6.07 Å². The van der Waals surface area contributed by atoms with Gasteiger partial charge in [0, 0.05) is 12.6 Å². The van der Waals surface area contributed by atoms with E-state index in [0.717, 1.165) is 11.3 Å². The molecule has 0 aliphatic rings. The van der Waals surface area contributed by atoms with E-state index in [2.05, 4.69) is 10.3 Å². The summed E-state index contributed by atoms with van der Waals surface area (Å²) in [5.74, 6) is -1.29. The Morgan fingerprint density at radius 2 is 2.04 bits per heavy atom. The third kappa shape index (κ3) is 2.79. The maximum atomic E-state index is 12.5. The Balaban J connectivity index is 1.99. The lowest BCUT2D eigenvalue weighted by Crippen LogP contribution is -2.12.